The van der Waals surface area contributed by atoms with Crippen LogP contribution in [0.5, 0.6) is 5.75 Å². The highest BCUT2D eigenvalue weighted by Crippen LogP contribution is 2.27. The quantitative estimate of drug-likeness (QED) is 0.247. The van der Waals surface area contributed by atoms with Gasteiger partial charge in [0.05, 0.1) is 15.5 Å². The molecule has 9 heteroatoms. The summed E-state index contributed by atoms with van der Waals surface area (Å²) in [5, 5.41) is 11.1. The first-order chi connectivity index (χ1) is 13.4. The van der Waals surface area contributed by atoms with Crippen molar-refractivity contribution >= 4 is 41.2 Å². The Hall–Kier alpha value is -3.52. The summed E-state index contributed by atoms with van der Waals surface area (Å²) >= 11 is 6.05. The van der Waals surface area contributed by atoms with E-state index in [-0.39, 0.29) is 40.3 Å². The molecule has 0 amide bonds. The molecule has 3 rings (SSSR count). The Kier molecular flexibility index (Phi) is 5.51. The minimum atomic E-state index is -0.709. The average Bonchev–Trinajstić information content (AvgIpc) is 3.03. The maximum Gasteiger partial charge on any atom is 0.363 e. The van der Waals surface area contributed by atoms with E-state index in [1.165, 1.54) is 24.3 Å². The Bertz CT molecular complexity index is 1030. The molecule has 0 fully saturated rings. The first-order valence-electron chi connectivity index (χ1n) is 8.15. The molecule has 0 bridgehead atoms. The van der Waals surface area contributed by atoms with Gasteiger partial charge in [0.2, 0.25) is 5.90 Å². The molecule has 0 unspecified atom stereocenters. The highest BCUT2D eigenvalue weighted by molar-refractivity contribution is 6.34. The summed E-state index contributed by atoms with van der Waals surface area (Å²) in [5.74, 6) is -0.790. The Morgan fingerprint density at radius 1 is 1.29 bits per heavy atom. The molecule has 1 heterocycles. The zero-order valence-corrected chi connectivity index (χ0v) is 15.3. The summed E-state index contributed by atoms with van der Waals surface area (Å²) in [6.07, 6.45) is 1.74. The van der Waals surface area contributed by atoms with Crippen LogP contribution in [0.1, 0.15) is 24.5 Å². The van der Waals surface area contributed by atoms with Gasteiger partial charge in [-0.2, -0.15) is 0 Å². The van der Waals surface area contributed by atoms with Crippen LogP contribution in [0, 0.1) is 10.1 Å². The number of hydrogen-bond acceptors (Lipinski definition) is 7. The maximum atomic E-state index is 12.1. The number of ether oxygens (including phenoxy) is 2. The van der Waals surface area contributed by atoms with Gasteiger partial charge >= 0.3 is 11.9 Å². The number of non-ortho nitro benzene ring substituents is 1. The summed E-state index contributed by atoms with van der Waals surface area (Å²) in [5.41, 5.74) is 0.580. The Labute approximate surface area is 164 Å². The van der Waals surface area contributed by atoms with Crippen molar-refractivity contribution in [1.29, 1.82) is 0 Å². The fraction of sp³-hybridized carbons (Fsp3) is 0.105. The summed E-state index contributed by atoms with van der Waals surface area (Å²) < 4.78 is 10.2. The molecule has 8 nitrogen and oxygen atoms in total. The molecule has 0 saturated carbocycles. The molecule has 0 spiro atoms. The number of nitro benzene ring substituents is 1. The van der Waals surface area contributed by atoms with Crippen molar-refractivity contribution in [3.05, 3.63) is 74.4 Å². The molecule has 1 aliphatic rings. The molecular weight excluding hydrogens is 388 g/mol. The monoisotopic (exact) mass is 400 g/mol. The number of carbonyl (C=O) groups is 2. The van der Waals surface area contributed by atoms with Gasteiger partial charge in [0.15, 0.2) is 5.70 Å². The van der Waals surface area contributed by atoms with Gasteiger partial charge in [0.1, 0.15) is 5.75 Å². The van der Waals surface area contributed by atoms with E-state index in [2.05, 4.69) is 4.99 Å². The van der Waals surface area contributed by atoms with Crippen LogP contribution < -0.4 is 4.74 Å². The second-order valence-corrected chi connectivity index (χ2v) is 6.06. The molecule has 28 heavy (non-hydrogen) atoms. The molecule has 2 aromatic carbocycles. The van der Waals surface area contributed by atoms with Gasteiger partial charge in [-0.15, -0.1) is 0 Å². The van der Waals surface area contributed by atoms with Crippen LogP contribution in [0.3, 0.4) is 0 Å². The third kappa shape index (κ3) is 4.24. The largest absolute Gasteiger partial charge is 0.427 e. The molecule has 0 aliphatic carbocycles. The molecule has 1 aliphatic heterocycles. The van der Waals surface area contributed by atoms with Gasteiger partial charge < -0.3 is 9.47 Å². The van der Waals surface area contributed by atoms with E-state index in [9.17, 15) is 19.7 Å². The molecule has 0 atom stereocenters. The van der Waals surface area contributed by atoms with Crippen LogP contribution in [-0.2, 0) is 14.3 Å². The van der Waals surface area contributed by atoms with Crippen LogP contribution in [0.25, 0.3) is 6.08 Å². The number of halogens is 1. The summed E-state index contributed by atoms with van der Waals surface area (Å²) in [7, 11) is 0. The van der Waals surface area contributed by atoms with Crippen molar-refractivity contribution in [2.24, 2.45) is 4.99 Å². The van der Waals surface area contributed by atoms with E-state index in [1.54, 1.807) is 31.2 Å². The first-order valence-corrected chi connectivity index (χ1v) is 8.53. The van der Waals surface area contributed by atoms with Gasteiger partial charge in [-0.1, -0.05) is 30.7 Å². The fourth-order valence-electron chi connectivity index (χ4n) is 2.31. The van der Waals surface area contributed by atoms with E-state index in [1.807, 2.05) is 0 Å². The second-order valence-electron chi connectivity index (χ2n) is 5.65. The maximum absolute atomic E-state index is 12.1. The topological polar surface area (TPSA) is 108 Å². The number of rotatable bonds is 5. The Morgan fingerprint density at radius 3 is 2.64 bits per heavy atom. The number of nitrogens with zero attached hydrogens (tertiary/aromatic N) is 2. The molecule has 142 valence electrons. The van der Waals surface area contributed by atoms with Crippen molar-refractivity contribution in [2.45, 2.75) is 13.3 Å². The predicted octanol–water partition coefficient (Wildman–Crippen LogP) is 3.91. The van der Waals surface area contributed by atoms with Crippen LogP contribution in [-0.4, -0.2) is 22.8 Å². The molecule has 0 saturated heterocycles. The van der Waals surface area contributed by atoms with Crippen molar-refractivity contribution in [3.63, 3.8) is 0 Å². The number of esters is 2. The van der Waals surface area contributed by atoms with Crippen LogP contribution in [0.15, 0.2) is 53.2 Å². The zero-order valence-electron chi connectivity index (χ0n) is 14.5. The summed E-state index contributed by atoms with van der Waals surface area (Å²) in [6.45, 7) is 1.69. The zero-order chi connectivity index (χ0) is 20.3. The molecule has 0 radical (unpaired) electrons. The third-order valence-corrected chi connectivity index (χ3v) is 4.05. The number of cyclic esters (lactones) is 1. The van der Waals surface area contributed by atoms with Gasteiger partial charge in [0.25, 0.3) is 5.69 Å². The van der Waals surface area contributed by atoms with Crippen molar-refractivity contribution in [3.8, 4) is 5.75 Å². The lowest BCUT2D eigenvalue weighted by molar-refractivity contribution is -0.384. The lowest BCUT2D eigenvalue weighted by Gasteiger charge is -2.02. The number of aliphatic imine (C=N–C) groups is 1. The predicted molar refractivity (Wildman–Crippen MR) is 101 cm³/mol. The van der Waals surface area contributed by atoms with Crippen LogP contribution in [0.2, 0.25) is 5.02 Å². The van der Waals surface area contributed by atoms with Crippen molar-refractivity contribution in [1.82, 2.24) is 0 Å². The lowest BCUT2D eigenvalue weighted by atomic mass is 10.2. The fourth-order valence-corrected chi connectivity index (χ4v) is 2.51. The van der Waals surface area contributed by atoms with Gasteiger partial charge in [-0.3, -0.25) is 14.9 Å². The Morgan fingerprint density at radius 2 is 2.00 bits per heavy atom. The highest BCUT2D eigenvalue weighted by Gasteiger charge is 2.27. The number of carbonyl (C=O) groups excluding carboxylic acids is 2. The summed E-state index contributed by atoms with van der Waals surface area (Å²) in [6, 6.07) is 10.2. The standard InChI is InChI=1S/C19H13ClN2O6/c1-2-17(23)27-13-6-3-11(4-7-13)9-16-19(24)28-18(21-16)14-10-12(22(25)26)5-8-15(14)20/h3-10H,2H2,1H3/b16-9+. The number of nitro groups is 1. The van der Waals surface area contributed by atoms with E-state index >= 15 is 0 Å². The minimum absolute atomic E-state index is 0.0101. The minimum Gasteiger partial charge on any atom is -0.427 e. The van der Waals surface area contributed by atoms with E-state index in [0.717, 1.165) is 0 Å². The Balaban J connectivity index is 1.87. The van der Waals surface area contributed by atoms with Gasteiger partial charge in [-0.05, 0) is 29.8 Å². The molecule has 0 aromatic heterocycles. The molecule has 0 N–H and O–H groups in total. The molecular formula is C19H13ClN2O6. The van der Waals surface area contributed by atoms with Crippen LogP contribution >= 0.6 is 11.6 Å². The SMILES string of the molecule is CCC(=O)Oc1ccc(/C=C2/N=C(c3cc([N+](=O)[O-])ccc3Cl)OC2=O)cc1. The van der Waals surface area contributed by atoms with Crippen molar-refractivity contribution in [2.75, 3.05) is 0 Å². The third-order valence-electron chi connectivity index (χ3n) is 3.72. The molecule has 2 aromatic rings. The highest BCUT2D eigenvalue weighted by atomic mass is 35.5. The van der Waals surface area contributed by atoms with Gasteiger partial charge in [-0.25, -0.2) is 9.79 Å². The van der Waals surface area contributed by atoms with E-state index in [4.69, 9.17) is 21.1 Å². The van der Waals surface area contributed by atoms with E-state index in [0.29, 0.717) is 11.3 Å². The number of benzene rings is 2. The lowest BCUT2D eigenvalue weighted by Crippen LogP contribution is -2.06. The smallest absolute Gasteiger partial charge is 0.363 e. The normalized spacial score (nSPS) is 14.6. The first kappa shape index (κ1) is 19.2. The van der Waals surface area contributed by atoms with Crippen LogP contribution in [0.4, 0.5) is 5.69 Å². The second kappa shape index (κ2) is 8.01. The van der Waals surface area contributed by atoms with Gasteiger partial charge in [0, 0.05) is 18.6 Å². The summed E-state index contributed by atoms with van der Waals surface area (Å²) in [4.78, 5) is 37.8. The van der Waals surface area contributed by atoms with E-state index < -0.39 is 10.9 Å². The average molecular weight is 401 g/mol. The number of hydrogen-bond donors (Lipinski definition) is 0. The van der Waals surface area contributed by atoms with Crippen molar-refractivity contribution < 1.29 is 24.0 Å².